The van der Waals surface area contributed by atoms with Gasteiger partial charge in [0, 0.05) is 12.6 Å². The monoisotopic (exact) mass is 213 g/mol. The molecular formula is C12H23NO2. The number of rotatable bonds is 5. The number of ether oxygens (including phenoxy) is 1. The molecule has 0 aromatic heterocycles. The lowest BCUT2D eigenvalue weighted by Crippen LogP contribution is -2.53. The highest BCUT2D eigenvalue weighted by molar-refractivity contribution is 4.89. The molecule has 1 aliphatic heterocycles. The Kier molecular flexibility index (Phi) is 3.65. The molecule has 3 heteroatoms. The minimum atomic E-state index is 0.0320. The van der Waals surface area contributed by atoms with Crippen molar-refractivity contribution >= 4 is 0 Å². The molecule has 15 heavy (non-hydrogen) atoms. The van der Waals surface area contributed by atoms with Crippen molar-refractivity contribution in [2.45, 2.75) is 38.6 Å². The van der Waals surface area contributed by atoms with E-state index in [1.807, 2.05) is 0 Å². The summed E-state index contributed by atoms with van der Waals surface area (Å²) in [5.74, 6) is 0.921. The van der Waals surface area contributed by atoms with Crippen LogP contribution in [0.5, 0.6) is 0 Å². The van der Waals surface area contributed by atoms with Crippen LogP contribution < -0.4 is 5.32 Å². The van der Waals surface area contributed by atoms with Crippen molar-refractivity contribution in [3.05, 3.63) is 0 Å². The van der Waals surface area contributed by atoms with Gasteiger partial charge in [-0.1, -0.05) is 13.3 Å². The summed E-state index contributed by atoms with van der Waals surface area (Å²) in [6.45, 7) is 4.90. The molecule has 0 bridgehead atoms. The molecule has 2 N–H and O–H groups in total. The topological polar surface area (TPSA) is 41.5 Å². The maximum Gasteiger partial charge on any atom is 0.0579 e. The number of hydrogen-bond donors (Lipinski definition) is 2. The smallest absolute Gasteiger partial charge is 0.0579 e. The SMILES string of the molecule is CCC1CCC(NCC2(CO)COC2)C1. The predicted octanol–water partition coefficient (Wildman–Crippen LogP) is 1.16. The van der Waals surface area contributed by atoms with Crippen molar-refractivity contribution in [3.8, 4) is 0 Å². The first kappa shape index (κ1) is 11.4. The van der Waals surface area contributed by atoms with Crippen LogP contribution in [0.25, 0.3) is 0 Å². The molecule has 1 heterocycles. The van der Waals surface area contributed by atoms with Gasteiger partial charge in [-0.15, -0.1) is 0 Å². The summed E-state index contributed by atoms with van der Waals surface area (Å²) < 4.78 is 5.19. The lowest BCUT2D eigenvalue weighted by Gasteiger charge is -2.40. The van der Waals surface area contributed by atoms with E-state index >= 15 is 0 Å². The lowest BCUT2D eigenvalue weighted by atomic mass is 9.86. The average Bonchev–Trinajstić information content (AvgIpc) is 2.65. The van der Waals surface area contributed by atoms with Crippen LogP contribution in [-0.2, 0) is 4.74 Å². The zero-order valence-electron chi connectivity index (χ0n) is 9.67. The van der Waals surface area contributed by atoms with E-state index in [1.165, 1.54) is 25.7 Å². The van der Waals surface area contributed by atoms with Gasteiger partial charge >= 0.3 is 0 Å². The molecule has 2 fully saturated rings. The molecule has 0 radical (unpaired) electrons. The van der Waals surface area contributed by atoms with E-state index in [9.17, 15) is 5.11 Å². The Morgan fingerprint density at radius 2 is 2.20 bits per heavy atom. The largest absolute Gasteiger partial charge is 0.396 e. The van der Waals surface area contributed by atoms with E-state index in [2.05, 4.69) is 12.2 Å². The van der Waals surface area contributed by atoms with Gasteiger partial charge in [0.1, 0.15) is 0 Å². The molecular weight excluding hydrogens is 190 g/mol. The summed E-state index contributed by atoms with van der Waals surface area (Å²) in [4.78, 5) is 0. The van der Waals surface area contributed by atoms with Crippen LogP contribution in [0.4, 0.5) is 0 Å². The van der Waals surface area contributed by atoms with Crippen molar-refractivity contribution in [3.63, 3.8) is 0 Å². The highest BCUT2D eigenvalue weighted by atomic mass is 16.5. The molecule has 3 nitrogen and oxygen atoms in total. The Morgan fingerprint density at radius 1 is 1.40 bits per heavy atom. The summed E-state index contributed by atoms with van der Waals surface area (Å²) >= 11 is 0. The van der Waals surface area contributed by atoms with Crippen LogP contribution in [0.2, 0.25) is 0 Å². The van der Waals surface area contributed by atoms with Crippen LogP contribution in [0.1, 0.15) is 32.6 Å². The summed E-state index contributed by atoms with van der Waals surface area (Å²) in [5.41, 5.74) is 0.0320. The summed E-state index contributed by atoms with van der Waals surface area (Å²) in [6.07, 6.45) is 5.31. The van der Waals surface area contributed by atoms with Crippen LogP contribution in [-0.4, -0.2) is 37.5 Å². The second kappa shape index (κ2) is 4.81. The fourth-order valence-electron chi connectivity index (χ4n) is 2.63. The quantitative estimate of drug-likeness (QED) is 0.720. The predicted molar refractivity (Wildman–Crippen MR) is 59.8 cm³/mol. The Morgan fingerprint density at radius 3 is 2.67 bits per heavy atom. The zero-order valence-corrected chi connectivity index (χ0v) is 9.67. The molecule has 2 aliphatic rings. The molecule has 2 unspecified atom stereocenters. The van der Waals surface area contributed by atoms with Crippen LogP contribution >= 0.6 is 0 Å². The van der Waals surface area contributed by atoms with E-state index < -0.39 is 0 Å². The third kappa shape index (κ3) is 2.52. The molecule has 0 aromatic rings. The summed E-state index contributed by atoms with van der Waals surface area (Å²) in [5, 5.41) is 12.9. The van der Waals surface area contributed by atoms with Gasteiger partial charge < -0.3 is 15.2 Å². The Hall–Kier alpha value is -0.120. The van der Waals surface area contributed by atoms with Gasteiger partial charge in [-0.25, -0.2) is 0 Å². The van der Waals surface area contributed by atoms with E-state index in [1.54, 1.807) is 0 Å². The van der Waals surface area contributed by atoms with Crippen LogP contribution in [0, 0.1) is 11.3 Å². The molecule has 2 atom stereocenters. The third-order valence-corrected chi connectivity index (χ3v) is 4.04. The van der Waals surface area contributed by atoms with Crippen molar-refractivity contribution < 1.29 is 9.84 Å². The Balaban J connectivity index is 1.69. The van der Waals surface area contributed by atoms with E-state index in [0.717, 1.165) is 25.7 Å². The Labute approximate surface area is 92.2 Å². The van der Waals surface area contributed by atoms with Crippen molar-refractivity contribution in [2.24, 2.45) is 11.3 Å². The molecule has 1 saturated carbocycles. The van der Waals surface area contributed by atoms with Gasteiger partial charge in [-0.3, -0.25) is 0 Å². The van der Waals surface area contributed by atoms with Gasteiger partial charge in [0.15, 0.2) is 0 Å². The number of nitrogens with one attached hydrogen (secondary N) is 1. The van der Waals surface area contributed by atoms with Crippen molar-refractivity contribution in [1.82, 2.24) is 5.32 Å². The molecule has 0 aromatic carbocycles. The normalized spacial score (nSPS) is 34.0. The molecule has 1 saturated heterocycles. The maximum atomic E-state index is 9.29. The van der Waals surface area contributed by atoms with Crippen LogP contribution in [0.3, 0.4) is 0 Å². The number of hydrogen-bond acceptors (Lipinski definition) is 3. The van der Waals surface area contributed by atoms with Crippen LogP contribution in [0.15, 0.2) is 0 Å². The minimum Gasteiger partial charge on any atom is -0.396 e. The number of aliphatic hydroxyl groups is 1. The second-order valence-corrected chi connectivity index (χ2v) is 5.32. The third-order valence-electron chi connectivity index (χ3n) is 4.04. The Bertz CT molecular complexity index is 198. The molecule has 0 amide bonds. The summed E-state index contributed by atoms with van der Waals surface area (Å²) in [7, 11) is 0. The van der Waals surface area contributed by atoms with Gasteiger partial charge in [0.25, 0.3) is 0 Å². The summed E-state index contributed by atoms with van der Waals surface area (Å²) in [6, 6.07) is 0.680. The fourth-order valence-corrected chi connectivity index (χ4v) is 2.63. The van der Waals surface area contributed by atoms with Gasteiger partial charge in [0.2, 0.25) is 0 Å². The highest BCUT2D eigenvalue weighted by Gasteiger charge is 2.38. The standard InChI is InChI=1S/C12H23NO2/c1-2-10-3-4-11(5-10)13-6-12(7-14)8-15-9-12/h10-11,13-14H,2-9H2,1H3. The molecule has 2 rings (SSSR count). The minimum absolute atomic E-state index is 0.0320. The first-order valence-corrected chi connectivity index (χ1v) is 6.20. The molecule has 88 valence electrons. The first-order chi connectivity index (χ1) is 7.28. The van der Waals surface area contributed by atoms with Gasteiger partial charge in [0.05, 0.1) is 25.2 Å². The average molecular weight is 213 g/mol. The second-order valence-electron chi connectivity index (χ2n) is 5.32. The number of aliphatic hydroxyl groups excluding tert-OH is 1. The van der Waals surface area contributed by atoms with E-state index in [0.29, 0.717) is 6.04 Å². The first-order valence-electron chi connectivity index (χ1n) is 6.20. The fraction of sp³-hybridized carbons (Fsp3) is 1.00. The van der Waals surface area contributed by atoms with Crippen molar-refractivity contribution in [1.29, 1.82) is 0 Å². The van der Waals surface area contributed by atoms with Gasteiger partial charge in [-0.2, -0.15) is 0 Å². The molecule has 1 aliphatic carbocycles. The highest BCUT2D eigenvalue weighted by Crippen LogP contribution is 2.30. The zero-order chi connectivity index (χ0) is 10.7. The maximum absolute atomic E-state index is 9.29. The van der Waals surface area contributed by atoms with E-state index in [-0.39, 0.29) is 12.0 Å². The van der Waals surface area contributed by atoms with Gasteiger partial charge in [-0.05, 0) is 25.2 Å². The lowest BCUT2D eigenvalue weighted by molar-refractivity contribution is -0.135. The van der Waals surface area contributed by atoms with Crippen molar-refractivity contribution in [2.75, 3.05) is 26.4 Å². The van der Waals surface area contributed by atoms with E-state index in [4.69, 9.17) is 4.74 Å². The molecule has 0 spiro atoms.